The second-order valence-electron chi connectivity index (χ2n) is 5.78. The van der Waals surface area contributed by atoms with Crippen LogP contribution in [0.15, 0.2) is 40.0 Å². The van der Waals surface area contributed by atoms with Gasteiger partial charge in [-0.2, -0.15) is 0 Å². The summed E-state index contributed by atoms with van der Waals surface area (Å²) in [5.41, 5.74) is 0.398. The molecule has 0 fully saturated rings. The second kappa shape index (κ2) is 7.28. The van der Waals surface area contributed by atoms with Crippen LogP contribution >= 0.6 is 11.8 Å². The van der Waals surface area contributed by atoms with Gasteiger partial charge in [-0.25, -0.2) is 4.79 Å². The molecule has 0 atom stereocenters. The van der Waals surface area contributed by atoms with Gasteiger partial charge in [-0.05, 0) is 32.9 Å². The van der Waals surface area contributed by atoms with Gasteiger partial charge in [-0.15, -0.1) is 10.2 Å². The average molecular weight is 334 g/mol. The van der Waals surface area contributed by atoms with Crippen LogP contribution in [-0.2, 0) is 4.79 Å². The van der Waals surface area contributed by atoms with E-state index in [0.717, 1.165) is 17.3 Å². The number of amides is 3. The zero-order valence-electron chi connectivity index (χ0n) is 13.1. The molecule has 23 heavy (non-hydrogen) atoms. The van der Waals surface area contributed by atoms with Crippen molar-refractivity contribution in [1.82, 2.24) is 20.8 Å². The minimum atomic E-state index is -0.529. The van der Waals surface area contributed by atoms with E-state index in [1.54, 1.807) is 0 Å². The molecular formula is C15H18N4O3S. The van der Waals surface area contributed by atoms with Crippen LogP contribution in [0, 0.1) is 0 Å². The molecule has 0 unspecified atom stereocenters. The fourth-order valence-electron chi connectivity index (χ4n) is 1.63. The molecule has 0 aliphatic rings. The number of hydrogen-bond donors (Lipinski definition) is 2. The maximum absolute atomic E-state index is 11.7. The van der Waals surface area contributed by atoms with E-state index in [0.29, 0.717) is 5.89 Å². The lowest BCUT2D eigenvalue weighted by atomic mass is 10.1. The first-order chi connectivity index (χ1) is 10.8. The minimum Gasteiger partial charge on any atom is -0.411 e. The molecule has 2 N–H and O–H groups in total. The molecule has 122 valence electrons. The molecule has 1 aromatic carbocycles. The highest BCUT2D eigenvalue weighted by Crippen LogP contribution is 2.22. The Morgan fingerprint density at radius 2 is 1.87 bits per heavy atom. The predicted octanol–water partition coefficient (Wildman–Crippen LogP) is 2.45. The lowest BCUT2D eigenvalue weighted by Crippen LogP contribution is -2.48. The first kappa shape index (κ1) is 17.0. The number of nitrogens with zero attached hydrogens (tertiary/aromatic N) is 2. The Kier molecular flexibility index (Phi) is 5.38. The molecule has 2 aromatic rings. The third-order valence-electron chi connectivity index (χ3n) is 2.50. The smallest absolute Gasteiger partial charge is 0.321 e. The number of hydrogen-bond acceptors (Lipinski definition) is 6. The highest BCUT2D eigenvalue weighted by molar-refractivity contribution is 7.99. The van der Waals surface area contributed by atoms with Crippen molar-refractivity contribution >= 4 is 23.7 Å². The standard InChI is InChI=1S/C15H18N4O3S/c1-15(2,3)17-13(21)16-11(20)9-23-14-19-18-12(22-14)10-7-5-4-6-8-10/h4-8H,9H2,1-3H3,(H2,16,17,20,21). The van der Waals surface area contributed by atoms with E-state index in [4.69, 9.17) is 4.42 Å². The number of urea groups is 1. The van der Waals surface area contributed by atoms with E-state index in [9.17, 15) is 9.59 Å². The van der Waals surface area contributed by atoms with Crippen LogP contribution in [0.3, 0.4) is 0 Å². The van der Waals surface area contributed by atoms with Crippen LogP contribution < -0.4 is 10.6 Å². The Morgan fingerprint density at radius 3 is 2.52 bits per heavy atom. The highest BCUT2D eigenvalue weighted by atomic mass is 32.2. The number of carbonyl (C=O) groups is 2. The van der Waals surface area contributed by atoms with Gasteiger partial charge in [-0.3, -0.25) is 10.1 Å². The third-order valence-corrected chi connectivity index (χ3v) is 3.31. The van der Waals surface area contributed by atoms with E-state index in [2.05, 4.69) is 20.8 Å². The van der Waals surface area contributed by atoms with Gasteiger partial charge < -0.3 is 9.73 Å². The van der Waals surface area contributed by atoms with Crippen molar-refractivity contribution < 1.29 is 14.0 Å². The molecule has 1 heterocycles. The van der Waals surface area contributed by atoms with Crippen molar-refractivity contribution in [2.24, 2.45) is 0 Å². The van der Waals surface area contributed by atoms with Crippen LogP contribution in [0.2, 0.25) is 0 Å². The summed E-state index contributed by atoms with van der Waals surface area (Å²) in [7, 11) is 0. The van der Waals surface area contributed by atoms with Crippen molar-refractivity contribution in [2.75, 3.05) is 5.75 Å². The fourth-order valence-corrected chi connectivity index (χ4v) is 2.19. The molecule has 0 aliphatic heterocycles. The summed E-state index contributed by atoms with van der Waals surface area (Å²) in [5.74, 6) is -0.0382. The Hall–Kier alpha value is -2.35. The van der Waals surface area contributed by atoms with Gasteiger partial charge in [0.2, 0.25) is 11.8 Å². The number of benzene rings is 1. The number of imide groups is 1. The molecule has 8 heteroatoms. The monoisotopic (exact) mass is 334 g/mol. The summed E-state index contributed by atoms with van der Waals surface area (Å²) in [6, 6.07) is 8.81. The van der Waals surface area contributed by atoms with Gasteiger partial charge in [0.05, 0.1) is 5.75 Å². The summed E-state index contributed by atoms with van der Waals surface area (Å²) in [6.45, 7) is 5.49. The fraction of sp³-hybridized carbons (Fsp3) is 0.333. The average Bonchev–Trinajstić information content (AvgIpc) is 2.93. The molecule has 2 rings (SSSR count). The molecule has 1 aromatic heterocycles. The second-order valence-corrected chi connectivity index (χ2v) is 6.71. The molecular weight excluding hydrogens is 316 g/mol. The van der Waals surface area contributed by atoms with Crippen LogP contribution in [0.4, 0.5) is 4.79 Å². The van der Waals surface area contributed by atoms with Crippen molar-refractivity contribution in [2.45, 2.75) is 31.5 Å². The van der Waals surface area contributed by atoms with Gasteiger partial charge >= 0.3 is 6.03 Å². The van der Waals surface area contributed by atoms with Crippen molar-refractivity contribution in [3.63, 3.8) is 0 Å². The molecule has 0 radical (unpaired) electrons. The summed E-state index contributed by atoms with van der Waals surface area (Å²) >= 11 is 1.07. The van der Waals surface area contributed by atoms with Crippen molar-refractivity contribution in [1.29, 1.82) is 0 Å². The largest absolute Gasteiger partial charge is 0.411 e. The summed E-state index contributed by atoms with van der Waals surface area (Å²) in [4.78, 5) is 23.3. The molecule has 0 saturated heterocycles. The van der Waals surface area contributed by atoms with E-state index < -0.39 is 17.5 Å². The molecule has 7 nitrogen and oxygen atoms in total. The van der Waals surface area contributed by atoms with E-state index in [1.807, 2.05) is 51.1 Å². The minimum absolute atomic E-state index is 0.00792. The Balaban J connectivity index is 1.83. The van der Waals surface area contributed by atoms with Crippen molar-refractivity contribution in [3.05, 3.63) is 30.3 Å². The zero-order valence-corrected chi connectivity index (χ0v) is 13.9. The third kappa shape index (κ3) is 5.74. The zero-order chi connectivity index (χ0) is 16.9. The van der Waals surface area contributed by atoms with Gasteiger partial charge in [0.25, 0.3) is 5.22 Å². The number of aromatic nitrogens is 2. The highest BCUT2D eigenvalue weighted by Gasteiger charge is 2.16. The quantitative estimate of drug-likeness (QED) is 0.834. The molecule has 0 saturated carbocycles. The normalized spacial score (nSPS) is 11.1. The van der Waals surface area contributed by atoms with Crippen LogP contribution in [0.25, 0.3) is 11.5 Å². The van der Waals surface area contributed by atoms with Gasteiger partial charge in [0.1, 0.15) is 0 Å². The van der Waals surface area contributed by atoms with Crippen LogP contribution in [-0.4, -0.2) is 33.4 Å². The predicted molar refractivity (Wildman–Crippen MR) is 86.9 cm³/mol. The molecule has 3 amide bonds. The number of carbonyl (C=O) groups excluding carboxylic acids is 2. The Bertz CT molecular complexity index is 680. The summed E-state index contributed by atoms with van der Waals surface area (Å²) < 4.78 is 5.47. The van der Waals surface area contributed by atoms with Crippen molar-refractivity contribution in [3.8, 4) is 11.5 Å². The van der Waals surface area contributed by atoms with Crippen LogP contribution in [0.5, 0.6) is 0 Å². The first-order valence-corrected chi connectivity index (χ1v) is 7.96. The van der Waals surface area contributed by atoms with E-state index in [-0.39, 0.29) is 11.0 Å². The number of nitrogens with one attached hydrogen (secondary N) is 2. The van der Waals surface area contributed by atoms with Gasteiger partial charge in [-0.1, -0.05) is 30.0 Å². The summed E-state index contributed by atoms with van der Waals surface area (Å²) in [6.07, 6.45) is 0. The number of rotatable bonds is 4. The Morgan fingerprint density at radius 1 is 1.17 bits per heavy atom. The van der Waals surface area contributed by atoms with E-state index in [1.165, 1.54) is 0 Å². The van der Waals surface area contributed by atoms with Gasteiger partial charge in [0, 0.05) is 11.1 Å². The number of thioether (sulfide) groups is 1. The summed E-state index contributed by atoms with van der Waals surface area (Å²) in [5, 5.41) is 13.0. The molecule has 0 bridgehead atoms. The lowest BCUT2D eigenvalue weighted by Gasteiger charge is -2.20. The maximum atomic E-state index is 11.7. The van der Waals surface area contributed by atoms with Gasteiger partial charge in [0.15, 0.2) is 0 Å². The maximum Gasteiger partial charge on any atom is 0.321 e. The first-order valence-electron chi connectivity index (χ1n) is 6.97. The molecule has 0 aliphatic carbocycles. The van der Waals surface area contributed by atoms with Crippen LogP contribution in [0.1, 0.15) is 20.8 Å². The lowest BCUT2D eigenvalue weighted by molar-refractivity contribution is -0.117. The Labute approximate surface area is 138 Å². The van der Waals surface area contributed by atoms with E-state index >= 15 is 0 Å². The molecule has 0 spiro atoms. The SMILES string of the molecule is CC(C)(C)NC(=O)NC(=O)CSc1nnc(-c2ccccc2)o1. The topological polar surface area (TPSA) is 97.1 Å².